The lowest BCUT2D eigenvalue weighted by molar-refractivity contribution is -0.142. The summed E-state index contributed by atoms with van der Waals surface area (Å²) in [6.07, 6.45) is 6.30. The molecule has 3 atom stereocenters. The predicted octanol–water partition coefficient (Wildman–Crippen LogP) is 8.42. The van der Waals surface area contributed by atoms with Crippen LogP contribution in [0.3, 0.4) is 0 Å². The molecule has 2 rings (SSSR count). The van der Waals surface area contributed by atoms with E-state index in [1.807, 2.05) is 71.0 Å². The molecule has 3 unspecified atom stereocenters. The van der Waals surface area contributed by atoms with E-state index in [-0.39, 0.29) is 17.7 Å². The number of anilines is 1. The fourth-order valence-corrected chi connectivity index (χ4v) is 5.28. The van der Waals surface area contributed by atoms with E-state index in [1.165, 1.54) is 6.42 Å². The molecule has 0 aliphatic carbocycles. The minimum Gasteiger partial charge on any atom is -0.444 e. The lowest BCUT2D eigenvalue weighted by Crippen LogP contribution is -2.55. The van der Waals surface area contributed by atoms with E-state index in [0.29, 0.717) is 18.7 Å². The number of nitrogens with zero attached hydrogens (tertiary/aromatic N) is 1. The molecule has 0 bridgehead atoms. The lowest BCUT2D eigenvalue weighted by Gasteiger charge is -2.36. The molecular formula is C36H55N3O4. The average molecular weight is 594 g/mol. The van der Waals surface area contributed by atoms with Gasteiger partial charge in [-0.05, 0) is 71.1 Å². The van der Waals surface area contributed by atoms with Crippen LogP contribution in [0.4, 0.5) is 10.5 Å². The third kappa shape index (κ3) is 11.7. The second-order valence-electron chi connectivity index (χ2n) is 12.9. The number of nitrogens with one attached hydrogen (secondary N) is 2. The minimum absolute atomic E-state index is 0.175. The maximum absolute atomic E-state index is 14.6. The summed E-state index contributed by atoms with van der Waals surface area (Å²) in [6, 6.07) is 11.9. The highest BCUT2D eigenvalue weighted by molar-refractivity contribution is 5.99. The third-order valence-corrected chi connectivity index (χ3v) is 7.71. The van der Waals surface area contributed by atoms with Gasteiger partial charge in [0.1, 0.15) is 17.7 Å². The molecule has 43 heavy (non-hydrogen) atoms. The predicted molar refractivity (Wildman–Crippen MR) is 176 cm³/mol. The topological polar surface area (TPSA) is 87.7 Å². The second kappa shape index (κ2) is 17.1. The molecule has 0 aliphatic rings. The Labute approximate surface area is 260 Å². The number of rotatable bonds is 15. The van der Waals surface area contributed by atoms with Gasteiger partial charge >= 0.3 is 6.09 Å². The van der Waals surface area contributed by atoms with Crippen LogP contribution >= 0.6 is 0 Å². The number of para-hydroxylation sites is 1. The SMILES string of the molecule is CCCCCCCCN(C(=O)C(NC(=O)OC(C)(C)C)C(C)CC)C(C(=O)Nc1ccccc1C)c1cc(C)cc(C)c1. The first-order valence-electron chi connectivity index (χ1n) is 16.0. The summed E-state index contributed by atoms with van der Waals surface area (Å²) in [5.41, 5.74) is 3.72. The molecule has 0 fully saturated rings. The van der Waals surface area contributed by atoms with Crippen LogP contribution in [-0.2, 0) is 14.3 Å². The zero-order valence-electron chi connectivity index (χ0n) is 28.0. The van der Waals surface area contributed by atoms with E-state index in [4.69, 9.17) is 4.74 Å². The quantitative estimate of drug-likeness (QED) is 0.203. The molecule has 0 spiro atoms. The Kier molecular flexibility index (Phi) is 14.2. The summed E-state index contributed by atoms with van der Waals surface area (Å²) in [6.45, 7) is 17.9. The van der Waals surface area contributed by atoms with Crippen molar-refractivity contribution in [1.82, 2.24) is 10.2 Å². The lowest BCUT2D eigenvalue weighted by atomic mass is 9.94. The fraction of sp³-hybridized carbons (Fsp3) is 0.583. The van der Waals surface area contributed by atoms with Gasteiger partial charge in [-0.15, -0.1) is 0 Å². The molecule has 3 amide bonds. The van der Waals surface area contributed by atoms with Crippen LogP contribution in [0.15, 0.2) is 42.5 Å². The van der Waals surface area contributed by atoms with Crippen molar-refractivity contribution in [2.75, 3.05) is 11.9 Å². The van der Waals surface area contributed by atoms with Gasteiger partial charge in [0.05, 0.1) is 0 Å². The van der Waals surface area contributed by atoms with Crippen LogP contribution in [0.5, 0.6) is 0 Å². The first-order chi connectivity index (χ1) is 20.3. The van der Waals surface area contributed by atoms with Crippen molar-refractivity contribution in [3.63, 3.8) is 0 Å². The van der Waals surface area contributed by atoms with Crippen molar-refractivity contribution < 1.29 is 19.1 Å². The van der Waals surface area contributed by atoms with Crippen LogP contribution in [0, 0.1) is 26.7 Å². The first kappa shape index (κ1) is 35.8. The normalized spacial score (nSPS) is 13.5. The number of aryl methyl sites for hydroxylation is 3. The summed E-state index contributed by atoms with van der Waals surface area (Å²) < 4.78 is 5.54. The Balaban J connectivity index is 2.58. The Morgan fingerprint density at radius 1 is 0.884 bits per heavy atom. The van der Waals surface area contributed by atoms with Gasteiger partial charge in [0.15, 0.2) is 0 Å². The van der Waals surface area contributed by atoms with Crippen LogP contribution in [-0.4, -0.2) is 41.0 Å². The largest absolute Gasteiger partial charge is 0.444 e. The van der Waals surface area contributed by atoms with Gasteiger partial charge < -0.3 is 20.3 Å². The Morgan fingerprint density at radius 3 is 2.07 bits per heavy atom. The monoisotopic (exact) mass is 593 g/mol. The van der Waals surface area contributed by atoms with Crippen molar-refractivity contribution in [2.45, 2.75) is 125 Å². The standard InChI is InChI=1S/C36H55N3O4/c1-10-12-13-14-15-18-21-39(34(41)31(27(5)11-2)38-35(42)43-36(7,8)9)32(29-23-25(3)22-26(4)24-29)33(40)37-30-20-17-16-19-28(30)6/h16-17,19-20,22-24,27,31-32H,10-15,18,21H2,1-9H3,(H,37,40)(H,38,42). The van der Waals surface area contributed by atoms with E-state index in [1.54, 1.807) is 25.7 Å². The van der Waals surface area contributed by atoms with Gasteiger partial charge in [-0.1, -0.05) is 107 Å². The molecule has 0 saturated carbocycles. The number of carbonyl (C=O) groups excluding carboxylic acids is 3. The van der Waals surface area contributed by atoms with Gasteiger partial charge in [0, 0.05) is 12.2 Å². The zero-order chi connectivity index (χ0) is 32.2. The third-order valence-electron chi connectivity index (χ3n) is 7.71. The highest BCUT2D eigenvalue weighted by Gasteiger charge is 2.38. The molecule has 2 aromatic carbocycles. The maximum Gasteiger partial charge on any atom is 0.408 e. The number of hydrogen-bond acceptors (Lipinski definition) is 4. The second-order valence-corrected chi connectivity index (χ2v) is 12.9. The van der Waals surface area contributed by atoms with Crippen LogP contribution < -0.4 is 10.6 Å². The summed E-state index contributed by atoms with van der Waals surface area (Å²) in [4.78, 5) is 43.5. The van der Waals surface area contributed by atoms with Crippen molar-refractivity contribution in [2.24, 2.45) is 5.92 Å². The van der Waals surface area contributed by atoms with Gasteiger partial charge in [-0.3, -0.25) is 9.59 Å². The minimum atomic E-state index is -0.881. The summed E-state index contributed by atoms with van der Waals surface area (Å²) in [7, 11) is 0. The number of unbranched alkanes of at least 4 members (excludes halogenated alkanes) is 5. The molecule has 0 aromatic heterocycles. The number of ether oxygens (including phenoxy) is 1. The molecular weight excluding hydrogens is 538 g/mol. The molecule has 0 heterocycles. The van der Waals surface area contributed by atoms with E-state index in [9.17, 15) is 14.4 Å². The summed E-state index contributed by atoms with van der Waals surface area (Å²) in [5, 5.41) is 5.98. The molecule has 7 nitrogen and oxygen atoms in total. The van der Waals surface area contributed by atoms with E-state index in [2.05, 4.69) is 23.6 Å². The van der Waals surface area contributed by atoms with Crippen LogP contribution in [0.2, 0.25) is 0 Å². The van der Waals surface area contributed by atoms with Crippen LogP contribution in [0.1, 0.15) is 115 Å². The summed E-state index contributed by atoms with van der Waals surface area (Å²) >= 11 is 0. The summed E-state index contributed by atoms with van der Waals surface area (Å²) in [5.74, 6) is -0.733. The van der Waals surface area contributed by atoms with Crippen molar-refractivity contribution in [3.8, 4) is 0 Å². The Bertz CT molecular complexity index is 1180. The first-order valence-corrected chi connectivity index (χ1v) is 16.0. The number of alkyl carbamates (subject to hydrolysis) is 1. The molecule has 0 radical (unpaired) electrons. The van der Waals surface area contributed by atoms with Gasteiger partial charge in [-0.2, -0.15) is 0 Å². The number of benzene rings is 2. The van der Waals surface area contributed by atoms with Gasteiger partial charge in [-0.25, -0.2) is 4.79 Å². The van der Waals surface area contributed by atoms with E-state index in [0.717, 1.165) is 54.4 Å². The van der Waals surface area contributed by atoms with Crippen molar-refractivity contribution in [1.29, 1.82) is 0 Å². The maximum atomic E-state index is 14.6. The van der Waals surface area contributed by atoms with E-state index < -0.39 is 23.8 Å². The molecule has 0 saturated heterocycles. The smallest absolute Gasteiger partial charge is 0.408 e. The average Bonchev–Trinajstić information content (AvgIpc) is 2.91. The molecule has 2 N–H and O–H groups in total. The number of amides is 3. The number of hydrogen-bond donors (Lipinski definition) is 2. The Morgan fingerprint density at radius 2 is 1.49 bits per heavy atom. The fourth-order valence-electron chi connectivity index (χ4n) is 5.28. The van der Waals surface area contributed by atoms with Gasteiger partial charge in [0.25, 0.3) is 5.91 Å². The molecule has 0 aliphatic heterocycles. The molecule has 7 heteroatoms. The number of carbonyl (C=O) groups is 3. The van der Waals surface area contributed by atoms with E-state index >= 15 is 0 Å². The van der Waals surface area contributed by atoms with Crippen molar-refractivity contribution >= 4 is 23.6 Å². The van der Waals surface area contributed by atoms with Crippen LogP contribution in [0.25, 0.3) is 0 Å². The Hall–Kier alpha value is -3.35. The molecule has 2 aromatic rings. The highest BCUT2D eigenvalue weighted by Crippen LogP contribution is 2.29. The highest BCUT2D eigenvalue weighted by atomic mass is 16.6. The van der Waals surface area contributed by atoms with Crippen molar-refractivity contribution in [3.05, 3.63) is 64.7 Å². The molecule has 238 valence electrons. The van der Waals surface area contributed by atoms with Gasteiger partial charge in [0.2, 0.25) is 5.91 Å². The zero-order valence-corrected chi connectivity index (χ0v) is 28.0.